The van der Waals surface area contributed by atoms with E-state index < -0.39 is 10.9 Å². The van der Waals surface area contributed by atoms with Gasteiger partial charge in [0.15, 0.2) is 0 Å². The maximum atomic E-state index is 13.1. The highest BCUT2D eigenvalue weighted by Crippen LogP contribution is 2.38. The molecule has 4 rings (SSSR count). The van der Waals surface area contributed by atoms with Crippen LogP contribution in [0.3, 0.4) is 0 Å². The minimum absolute atomic E-state index is 0.0737. The molecule has 2 aromatic carbocycles. The summed E-state index contributed by atoms with van der Waals surface area (Å²) in [5.41, 5.74) is 0.179. The Morgan fingerprint density at radius 3 is 2.78 bits per heavy atom. The predicted octanol–water partition coefficient (Wildman–Crippen LogP) is 2.75. The molecule has 5 nitrogen and oxygen atoms in total. The van der Waals surface area contributed by atoms with Crippen LogP contribution in [0.4, 0.5) is 10.1 Å². The zero-order chi connectivity index (χ0) is 19.0. The molecule has 0 radical (unpaired) electrons. The third-order valence-electron chi connectivity index (χ3n) is 5.05. The highest BCUT2D eigenvalue weighted by molar-refractivity contribution is 8.01. The fourth-order valence-electron chi connectivity index (χ4n) is 3.52. The smallest absolute Gasteiger partial charge is 0.238 e. The lowest BCUT2D eigenvalue weighted by Crippen LogP contribution is -2.38. The standard InChI is InChI=1S/C20H19FN2O3S/c21-14-7-5-13(6-8-14)20(26)9-10-23(12-20)18(24)11-17-19(25)22-15-3-1-2-4-16(15)27-17/h1-8,17,26H,9-12H2,(H,22,25)/t17-,20+/m1/s1. The number of benzene rings is 2. The van der Waals surface area contributed by atoms with Crippen molar-refractivity contribution in [3.8, 4) is 0 Å². The van der Waals surface area contributed by atoms with E-state index in [-0.39, 0.29) is 30.6 Å². The zero-order valence-electron chi connectivity index (χ0n) is 14.5. The molecule has 2 atom stereocenters. The molecule has 2 aromatic rings. The number of halogens is 1. The Hall–Kier alpha value is -2.38. The van der Waals surface area contributed by atoms with Crippen LogP contribution in [-0.2, 0) is 15.2 Å². The van der Waals surface area contributed by atoms with Gasteiger partial charge >= 0.3 is 0 Å². The van der Waals surface area contributed by atoms with E-state index in [9.17, 15) is 19.1 Å². The first-order valence-electron chi connectivity index (χ1n) is 8.77. The second-order valence-electron chi connectivity index (χ2n) is 6.90. The minimum Gasteiger partial charge on any atom is -0.383 e. The van der Waals surface area contributed by atoms with E-state index in [1.807, 2.05) is 24.3 Å². The van der Waals surface area contributed by atoms with Crippen molar-refractivity contribution in [3.63, 3.8) is 0 Å². The van der Waals surface area contributed by atoms with Crippen LogP contribution in [0.5, 0.6) is 0 Å². The molecule has 2 aliphatic rings. The van der Waals surface area contributed by atoms with Gasteiger partial charge in [-0.05, 0) is 36.2 Å². The fraction of sp³-hybridized carbons (Fsp3) is 0.300. The van der Waals surface area contributed by atoms with Crippen LogP contribution in [0.15, 0.2) is 53.4 Å². The Labute approximate surface area is 160 Å². The van der Waals surface area contributed by atoms with Gasteiger partial charge in [-0.3, -0.25) is 9.59 Å². The molecule has 7 heteroatoms. The molecule has 0 spiro atoms. The third kappa shape index (κ3) is 3.57. The van der Waals surface area contributed by atoms with Gasteiger partial charge in [0.1, 0.15) is 11.4 Å². The van der Waals surface area contributed by atoms with Crippen LogP contribution in [0.25, 0.3) is 0 Å². The molecular weight excluding hydrogens is 367 g/mol. The van der Waals surface area contributed by atoms with E-state index in [1.54, 1.807) is 17.0 Å². The first kappa shape index (κ1) is 18.0. The number of para-hydroxylation sites is 1. The number of hydrogen-bond acceptors (Lipinski definition) is 4. The number of fused-ring (bicyclic) bond motifs is 1. The number of amides is 2. The van der Waals surface area contributed by atoms with E-state index in [0.29, 0.717) is 18.5 Å². The predicted molar refractivity (Wildman–Crippen MR) is 101 cm³/mol. The molecule has 2 N–H and O–H groups in total. The van der Waals surface area contributed by atoms with Gasteiger partial charge in [0.25, 0.3) is 0 Å². The van der Waals surface area contributed by atoms with Crippen molar-refractivity contribution >= 4 is 29.3 Å². The summed E-state index contributed by atoms with van der Waals surface area (Å²) in [6.45, 7) is 0.551. The minimum atomic E-state index is -1.18. The summed E-state index contributed by atoms with van der Waals surface area (Å²) in [7, 11) is 0. The largest absolute Gasteiger partial charge is 0.383 e. The lowest BCUT2D eigenvalue weighted by molar-refractivity contribution is -0.132. The molecule has 2 amide bonds. The average Bonchev–Trinajstić information content (AvgIpc) is 3.06. The van der Waals surface area contributed by atoms with E-state index >= 15 is 0 Å². The van der Waals surface area contributed by atoms with Crippen molar-refractivity contribution in [2.75, 3.05) is 18.4 Å². The summed E-state index contributed by atoms with van der Waals surface area (Å²) in [6.07, 6.45) is 0.460. The van der Waals surface area contributed by atoms with E-state index in [2.05, 4.69) is 5.32 Å². The van der Waals surface area contributed by atoms with Gasteiger partial charge in [0.2, 0.25) is 11.8 Å². The second-order valence-corrected chi connectivity index (χ2v) is 8.14. The van der Waals surface area contributed by atoms with Gasteiger partial charge in [0, 0.05) is 17.9 Å². The zero-order valence-corrected chi connectivity index (χ0v) is 15.3. The Morgan fingerprint density at radius 2 is 2.00 bits per heavy atom. The van der Waals surface area contributed by atoms with Gasteiger partial charge in [-0.1, -0.05) is 24.3 Å². The summed E-state index contributed by atoms with van der Waals surface area (Å²) in [5, 5.41) is 13.2. The van der Waals surface area contributed by atoms with Crippen LogP contribution in [0, 0.1) is 5.82 Å². The van der Waals surface area contributed by atoms with Crippen molar-refractivity contribution < 1.29 is 19.1 Å². The number of nitrogens with one attached hydrogen (secondary N) is 1. The number of aliphatic hydroxyl groups is 1. The summed E-state index contributed by atoms with van der Waals surface area (Å²) in [5.74, 6) is -0.714. The van der Waals surface area contributed by atoms with Crippen LogP contribution >= 0.6 is 11.8 Å². The number of rotatable bonds is 3. The van der Waals surface area contributed by atoms with Gasteiger partial charge in [0.05, 0.1) is 17.5 Å². The Bertz CT molecular complexity index is 889. The maximum Gasteiger partial charge on any atom is 0.238 e. The van der Waals surface area contributed by atoms with Crippen molar-refractivity contribution in [2.24, 2.45) is 0 Å². The number of nitrogens with zero attached hydrogens (tertiary/aromatic N) is 1. The molecule has 2 aliphatic heterocycles. The second kappa shape index (κ2) is 6.98. The molecule has 2 heterocycles. The number of thioether (sulfide) groups is 1. The third-order valence-corrected chi connectivity index (χ3v) is 6.32. The summed E-state index contributed by atoms with van der Waals surface area (Å²) in [6, 6.07) is 13.2. The lowest BCUT2D eigenvalue weighted by atomic mass is 9.93. The maximum absolute atomic E-state index is 13.1. The molecule has 0 unspecified atom stereocenters. The lowest BCUT2D eigenvalue weighted by Gasteiger charge is -2.27. The number of β-amino-alcohol motifs (C(OH)–C–C–N with tert-alkyl or cyclic N) is 1. The first-order valence-corrected chi connectivity index (χ1v) is 9.65. The van der Waals surface area contributed by atoms with Crippen LogP contribution in [-0.4, -0.2) is 40.2 Å². The Balaban J connectivity index is 1.42. The molecular formula is C20H19FN2O3S. The Kier molecular flexibility index (Phi) is 4.65. The van der Waals surface area contributed by atoms with Crippen LogP contribution in [0.1, 0.15) is 18.4 Å². The quantitative estimate of drug-likeness (QED) is 0.851. The molecule has 140 valence electrons. The summed E-state index contributed by atoms with van der Waals surface area (Å²) in [4.78, 5) is 27.5. The highest BCUT2D eigenvalue weighted by atomic mass is 32.2. The SMILES string of the molecule is O=C1Nc2ccccc2S[C@@H]1CC(=O)N1CC[C@@](O)(c2ccc(F)cc2)C1. The molecule has 1 fully saturated rings. The molecule has 27 heavy (non-hydrogen) atoms. The van der Waals surface area contributed by atoms with Gasteiger partial charge in [-0.25, -0.2) is 4.39 Å². The number of hydrogen-bond donors (Lipinski definition) is 2. The summed E-state index contributed by atoms with van der Waals surface area (Å²) >= 11 is 1.39. The first-order chi connectivity index (χ1) is 12.9. The van der Waals surface area contributed by atoms with Crippen LogP contribution in [0.2, 0.25) is 0 Å². The van der Waals surface area contributed by atoms with Crippen molar-refractivity contribution in [3.05, 3.63) is 59.9 Å². The molecule has 0 bridgehead atoms. The normalized spacial score (nSPS) is 24.4. The highest BCUT2D eigenvalue weighted by Gasteiger charge is 2.40. The van der Waals surface area contributed by atoms with Crippen LogP contribution < -0.4 is 5.32 Å². The summed E-state index contributed by atoms with van der Waals surface area (Å²) < 4.78 is 13.1. The van der Waals surface area contributed by atoms with E-state index in [1.165, 1.54) is 23.9 Å². The molecule has 0 aromatic heterocycles. The average molecular weight is 386 g/mol. The van der Waals surface area contributed by atoms with Gasteiger partial charge in [-0.15, -0.1) is 11.8 Å². The molecule has 0 aliphatic carbocycles. The number of likely N-dealkylation sites (tertiary alicyclic amines) is 1. The number of carbonyl (C=O) groups is 2. The Morgan fingerprint density at radius 1 is 1.26 bits per heavy atom. The monoisotopic (exact) mass is 386 g/mol. The number of anilines is 1. The molecule has 0 saturated carbocycles. The fourth-order valence-corrected chi connectivity index (χ4v) is 4.62. The van der Waals surface area contributed by atoms with Crippen molar-refractivity contribution in [1.29, 1.82) is 0 Å². The van der Waals surface area contributed by atoms with E-state index in [0.717, 1.165) is 10.6 Å². The van der Waals surface area contributed by atoms with Gasteiger partial charge in [-0.2, -0.15) is 0 Å². The molecule has 1 saturated heterocycles. The topological polar surface area (TPSA) is 69.6 Å². The van der Waals surface area contributed by atoms with Crippen molar-refractivity contribution in [2.45, 2.75) is 28.6 Å². The van der Waals surface area contributed by atoms with E-state index in [4.69, 9.17) is 0 Å². The number of carbonyl (C=O) groups excluding carboxylic acids is 2. The van der Waals surface area contributed by atoms with Gasteiger partial charge < -0.3 is 15.3 Å². The van der Waals surface area contributed by atoms with Crippen molar-refractivity contribution in [1.82, 2.24) is 4.90 Å².